The topological polar surface area (TPSA) is 82.9 Å². The zero-order chi connectivity index (χ0) is 17.1. The van der Waals surface area contributed by atoms with Crippen LogP contribution in [-0.2, 0) is 11.3 Å². The van der Waals surface area contributed by atoms with Gasteiger partial charge in [0.15, 0.2) is 10.6 Å². The molecule has 0 saturated carbocycles. The third-order valence-corrected chi connectivity index (χ3v) is 3.86. The van der Waals surface area contributed by atoms with E-state index in [2.05, 4.69) is 15.5 Å². The molecule has 1 amide bonds. The van der Waals surface area contributed by atoms with Gasteiger partial charge in [0.05, 0.1) is 5.69 Å². The number of carbonyl (C=O) groups excluding carboxylic acids is 1. The average Bonchev–Trinajstić information content (AvgIpc) is 2.91. The van der Waals surface area contributed by atoms with Crippen molar-refractivity contribution in [3.8, 4) is 17.1 Å². The first-order chi connectivity index (χ1) is 11.5. The van der Waals surface area contributed by atoms with E-state index in [1.807, 2.05) is 31.2 Å². The van der Waals surface area contributed by atoms with Gasteiger partial charge in [-0.2, -0.15) is 5.10 Å². The first-order valence-corrected chi connectivity index (χ1v) is 7.75. The number of aromatic hydroxyl groups is 1. The molecular weight excluding hydrogens is 324 g/mol. The summed E-state index contributed by atoms with van der Waals surface area (Å²) in [4.78, 5) is 12.3. The SMILES string of the molecule is Cc1ccc(-c2n[nH]c(=S)n2CC(=O)Nc2ccccc2O)cc1. The van der Waals surface area contributed by atoms with E-state index < -0.39 is 0 Å². The van der Waals surface area contributed by atoms with Gasteiger partial charge < -0.3 is 10.4 Å². The second-order valence-corrected chi connectivity index (χ2v) is 5.76. The summed E-state index contributed by atoms with van der Waals surface area (Å²) in [5, 5.41) is 19.3. The molecule has 0 saturated heterocycles. The predicted molar refractivity (Wildman–Crippen MR) is 94.3 cm³/mol. The number of nitrogens with zero attached hydrogens (tertiary/aromatic N) is 2. The molecule has 7 heteroatoms. The summed E-state index contributed by atoms with van der Waals surface area (Å²) in [6.07, 6.45) is 0. The standard InChI is InChI=1S/C17H16N4O2S/c1-11-6-8-12(9-7-11)16-19-20-17(24)21(16)10-15(23)18-13-4-2-3-5-14(13)22/h2-9,22H,10H2,1H3,(H,18,23)(H,20,24). The Labute approximate surface area is 143 Å². The zero-order valence-corrected chi connectivity index (χ0v) is 13.8. The van der Waals surface area contributed by atoms with Crippen LogP contribution in [0.2, 0.25) is 0 Å². The number of nitrogens with one attached hydrogen (secondary N) is 2. The number of aromatic nitrogens is 3. The Hall–Kier alpha value is -2.93. The Morgan fingerprint density at radius 1 is 1.25 bits per heavy atom. The highest BCUT2D eigenvalue weighted by molar-refractivity contribution is 7.71. The van der Waals surface area contributed by atoms with Crippen LogP contribution in [0.1, 0.15) is 5.56 Å². The number of H-pyrrole nitrogens is 1. The summed E-state index contributed by atoms with van der Waals surface area (Å²) < 4.78 is 1.98. The van der Waals surface area contributed by atoms with Crippen molar-refractivity contribution in [2.45, 2.75) is 13.5 Å². The van der Waals surface area contributed by atoms with Crippen molar-refractivity contribution in [1.29, 1.82) is 0 Å². The number of anilines is 1. The lowest BCUT2D eigenvalue weighted by Gasteiger charge is -2.09. The van der Waals surface area contributed by atoms with E-state index in [4.69, 9.17) is 12.2 Å². The van der Waals surface area contributed by atoms with Gasteiger partial charge in [0.1, 0.15) is 12.3 Å². The fraction of sp³-hybridized carbons (Fsp3) is 0.118. The van der Waals surface area contributed by atoms with Crippen molar-refractivity contribution in [3.63, 3.8) is 0 Å². The number of phenols is 1. The maximum atomic E-state index is 12.3. The molecule has 0 aliphatic rings. The lowest BCUT2D eigenvalue weighted by atomic mass is 10.1. The normalized spacial score (nSPS) is 10.5. The second-order valence-electron chi connectivity index (χ2n) is 5.37. The lowest BCUT2D eigenvalue weighted by molar-refractivity contribution is -0.116. The molecule has 0 bridgehead atoms. The summed E-state index contributed by atoms with van der Waals surface area (Å²) in [7, 11) is 0. The minimum Gasteiger partial charge on any atom is -0.506 e. The van der Waals surface area contributed by atoms with Gasteiger partial charge in [-0.05, 0) is 31.3 Å². The Kier molecular flexibility index (Phi) is 4.43. The third kappa shape index (κ3) is 3.36. The van der Waals surface area contributed by atoms with Crippen LogP contribution in [0.5, 0.6) is 5.75 Å². The van der Waals surface area contributed by atoms with E-state index in [1.165, 1.54) is 6.07 Å². The van der Waals surface area contributed by atoms with E-state index in [0.29, 0.717) is 16.3 Å². The molecule has 122 valence electrons. The van der Waals surface area contributed by atoms with Crippen molar-refractivity contribution >= 4 is 23.8 Å². The van der Waals surface area contributed by atoms with Crippen LogP contribution in [0.3, 0.4) is 0 Å². The zero-order valence-electron chi connectivity index (χ0n) is 13.0. The van der Waals surface area contributed by atoms with Crippen molar-refractivity contribution in [2.75, 3.05) is 5.32 Å². The van der Waals surface area contributed by atoms with Gasteiger partial charge in [0.2, 0.25) is 5.91 Å². The third-order valence-electron chi connectivity index (χ3n) is 3.55. The highest BCUT2D eigenvalue weighted by Gasteiger charge is 2.13. The summed E-state index contributed by atoms with van der Waals surface area (Å²) in [5.74, 6) is 0.301. The average molecular weight is 340 g/mol. The number of aromatic amines is 1. The predicted octanol–water partition coefficient (Wildman–Crippen LogP) is 3.26. The maximum Gasteiger partial charge on any atom is 0.244 e. The number of phenolic OH excluding ortho intramolecular Hbond substituents is 1. The molecule has 0 atom stereocenters. The number of carbonyl (C=O) groups is 1. The van der Waals surface area contributed by atoms with Crippen LogP contribution in [-0.4, -0.2) is 25.8 Å². The lowest BCUT2D eigenvalue weighted by Crippen LogP contribution is -2.19. The van der Waals surface area contributed by atoms with Crippen LogP contribution in [0.15, 0.2) is 48.5 Å². The minimum atomic E-state index is -0.303. The molecule has 0 aliphatic carbocycles. The fourth-order valence-corrected chi connectivity index (χ4v) is 2.50. The first-order valence-electron chi connectivity index (χ1n) is 7.34. The van der Waals surface area contributed by atoms with Crippen LogP contribution in [0.4, 0.5) is 5.69 Å². The van der Waals surface area contributed by atoms with Crippen LogP contribution in [0, 0.1) is 11.7 Å². The number of amides is 1. The van der Waals surface area contributed by atoms with Gasteiger partial charge in [-0.15, -0.1) is 0 Å². The fourth-order valence-electron chi connectivity index (χ4n) is 2.30. The number of para-hydroxylation sites is 2. The molecule has 3 N–H and O–H groups in total. The van der Waals surface area contributed by atoms with Gasteiger partial charge in [0.25, 0.3) is 0 Å². The molecule has 0 unspecified atom stereocenters. The molecule has 0 aliphatic heterocycles. The van der Waals surface area contributed by atoms with Crippen molar-refractivity contribution in [1.82, 2.24) is 14.8 Å². The van der Waals surface area contributed by atoms with E-state index in [1.54, 1.807) is 22.8 Å². The summed E-state index contributed by atoms with van der Waals surface area (Å²) >= 11 is 5.22. The molecule has 0 radical (unpaired) electrons. The van der Waals surface area contributed by atoms with Crippen molar-refractivity contribution in [3.05, 3.63) is 58.9 Å². The summed E-state index contributed by atoms with van der Waals surface area (Å²) in [6, 6.07) is 14.4. The molecule has 0 fully saturated rings. The Morgan fingerprint density at radius 2 is 1.96 bits per heavy atom. The van der Waals surface area contributed by atoms with Crippen molar-refractivity contribution in [2.24, 2.45) is 0 Å². The molecule has 6 nitrogen and oxygen atoms in total. The maximum absolute atomic E-state index is 12.3. The second kappa shape index (κ2) is 6.67. The Morgan fingerprint density at radius 3 is 2.67 bits per heavy atom. The van der Waals surface area contributed by atoms with E-state index in [0.717, 1.165) is 11.1 Å². The van der Waals surface area contributed by atoms with E-state index >= 15 is 0 Å². The number of hydrogen-bond acceptors (Lipinski definition) is 4. The van der Waals surface area contributed by atoms with E-state index in [9.17, 15) is 9.90 Å². The largest absolute Gasteiger partial charge is 0.506 e. The minimum absolute atomic E-state index is 0.00707. The monoisotopic (exact) mass is 340 g/mol. The Balaban J connectivity index is 1.84. The molecule has 24 heavy (non-hydrogen) atoms. The summed E-state index contributed by atoms with van der Waals surface area (Å²) in [6.45, 7) is 1.99. The quantitative estimate of drug-likeness (QED) is 0.503. The van der Waals surface area contributed by atoms with Gasteiger partial charge in [-0.25, -0.2) is 0 Å². The van der Waals surface area contributed by atoms with E-state index in [-0.39, 0.29) is 18.2 Å². The van der Waals surface area contributed by atoms with Crippen LogP contribution in [0.25, 0.3) is 11.4 Å². The van der Waals surface area contributed by atoms with Crippen LogP contribution < -0.4 is 5.32 Å². The smallest absolute Gasteiger partial charge is 0.244 e. The summed E-state index contributed by atoms with van der Waals surface area (Å²) in [5.41, 5.74) is 2.36. The molecule has 1 aromatic heterocycles. The number of rotatable bonds is 4. The molecule has 0 spiro atoms. The van der Waals surface area contributed by atoms with Gasteiger partial charge >= 0.3 is 0 Å². The molecule has 2 aromatic carbocycles. The molecule has 1 heterocycles. The Bertz CT molecular complexity index is 928. The first kappa shape index (κ1) is 15.9. The number of aryl methyl sites for hydroxylation is 1. The highest BCUT2D eigenvalue weighted by atomic mass is 32.1. The molecule has 3 aromatic rings. The van der Waals surface area contributed by atoms with Crippen molar-refractivity contribution < 1.29 is 9.90 Å². The highest BCUT2D eigenvalue weighted by Crippen LogP contribution is 2.22. The van der Waals surface area contributed by atoms with Crippen LogP contribution >= 0.6 is 12.2 Å². The molecule has 3 rings (SSSR count). The van der Waals surface area contributed by atoms with Gasteiger partial charge in [-0.1, -0.05) is 42.0 Å². The molecular formula is C17H16N4O2S. The van der Waals surface area contributed by atoms with Gasteiger partial charge in [-0.3, -0.25) is 14.5 Å². The number of benzene rings is 2. The van der Waals surface area contributed by atoms with Gasteiger partial charge in [0, 0.05) is 5.56 Å². The number of hydrogen-bond donors (Lipinski definition) is 3.